The zero-order chi connectivity index (χ0) is 13.9. The predicted molar refractivity (Wildman–Crippen MR) is 78.7 cm³/mol. The molecule has 1 aromatic heterocycles. The zero-order valence-electron chi connectivity index (χ0n) is 12.4. The third-order valence-electron chi connectivity index (χ3n) is 3.82. The first-order valence-electron chi connectivity index (χ1n) is 7.10. The van der Waals surface area contributed by atoms with Gasteiger partial charge in [0.2, 0.25) is 0 Å². The minimum atomic E-state index is 0.287. The molecule has 4 nitrogen and oxygen atoms in total. The number of aromatic nitrogens is 1. The zero-order valence-corrected chi connectivity index (χ0v) is 12.4. The summed E-state index contributed by atoms with van der Waals surface area (Å²) in [6.07, 6.45) is 1.86. The first-order valence-corrected chi connectivity index (χ1v) is 7.10. The van der Waals surface area contributed by atoms with Gasteiger partial charge in [0.1, 0.15) is 0 Å². The van der Waals surface area contributed by atoms with E-state index in [1.807, 2.05) is 6.20 Å². The Morgan fingerprint density at radius 2 is 1.89 bits per heavy atom. The highest BCUT2D eigenvalue weighted by Crippen LogP contribution is 2.17. The normalized spacial score (nSPS) is 18.7. The number of rotatable bonds is 3. The fraction of sp³-hybridized carbons (Fsp3) is 0.667. The number of nitrogens with two attached hydrogens (primary N) is 1. The van der Waals surface area contributed by atoms with Crippen molar-refractivity contribution in [2.45, 2.75) is 39.4 Å². The van der Waals surface area contributed by atoms with Crippen LogP contribution in [0.25, 0.3) is 0 Å². The van der Waals surface area contributed by atoms with Crippen LogP contribution in [0.2, 0.25) is 0 Å². The number of pyridine rings is 1. The van der Waals surface area contributed by atoms with Gasteiger partial charge in [-0.05, 0) is 38.5 Å². The number of hydrogen-bond acceptors (Lipinski definition) is 4. The molecule has 0 bridgehead atoms. The van der Waals surface area contributed by atoms with Crippen molar-refractivity contribution in [1.29, 1.82) is 0 Å². The van der Waals surface area contributed by atoms with Gasteiger partial charge in [0.25, 0.3) is 0 Å². The molecule has 0 saturated carbocycles. The Morgan fingerprint density at radius 1 is 1.21 bits per heavy atom. The largest absolute Gasteiger partial charge is 0.325 e. The van der Waals surface area contributed by atoms with Crippen LogP contribution < -0.4 is 5.73 Å². The van der Waals surface area contributed by atoms with E-state index in [0.29, 0.717) is 6.54 Å². The molecular weight excluding hydrogens is 236 g/mol. The molecule has 0 amide bonds. The van der Waals surface area contributed by atoms with Gasteiger partial charge in [-0.1, -0.05) is 0 Å². The van der Waals surface area contributed by atoms with Crippen molar-refractivity contribution in [3.8, 4) is 0 Å². The Morgan fingerprint density at radius 3 is 2.47 bits per heavy atom. The van der Waals surface area contributed by atoms with E-state index in [-0.39, 0.29) is 5.54 Å². The summed E-state index contributed by atoms with van der Waals surface area (Å²) in [5, 5.41) is 0. The van der Waals surface area contributed by atoms with E-state index in [2.05, 4.69) is 47.7 Å². The van der Waals surface area contributed by atoms with Gasteiger partial charge in [-0.25, -0.2) is 0 Å². The van der Waals surface area contributed by atoms with E-state index in [4.69, 9.17) is 5.73 Å². The molecule has 0 atom stereocenters. The van der Waals surface area contributed by atoms with Crippen LogP contribution in [-0.2, 0) is 13.1 Å². The third-order valence-corrected chi connectivity index (χ3v) is 3.82. The summed E-state index contributed by atoms with van der Waals surface area (Å²) in [6.45, 7) is 13.0. The van der Waals surface area contributed by atoms with Crippen LogP contribution in [0, 0.1) is 0 Å². The van der Waals surface area contributed by atoms with E-state index < -0.39 is 0 Å². The maximum Gasteiger partial charge on any atom is 0.0542 e. The molecule has 0 aliphatic carbocycles. The van der Waals surface area contributed by atoms with E-state index in [0.717, 1.165) is 38.4 Å². The van der Waals surface area contributed by atoms with Crippen molar-refractivity contribution in [2.24, 2.45) is 5.73 Å². The molecule has 0 unspecified atom stereocenters. The lowest BCUT2D eigenvalue weighted by Gasteiger charge is -2.42. The van der Waals surface area contributed by atoms with Crippen molar-refractivity contribution in [3.63, 3.8) is 0 Å². The molecule has 2 rings (SSSR count). The quantitative estimate of drug-likeness (QED) is 0.896. The van der Waals surface area contributed by atoms with Crippen LogP contribution in [-0.4, -0.2) is 46.5 Å². The van der Waals surface area contributed by atoms with Gasteiger partial charge in [0.05, 0.1) is 5.69 Å². The summed E-state index contributed by atoms with van der Waals surface area (Å²) in [5.41, 5.74) is 8.22. The van der Waals surface area contributed by atoms with Gasteiger partial charge < -0.3 is 5.73 Å². The van der Waals surface area contributed by atoms with Crippen molar-refractivity contribution < 1.29 is 0 Å². The van der Waals surface area contributed by atoms with Crippen LogP contribution in [0.15, 0.2) is 18.3 Å². The van der Waals surface area contributed by atoms with Crippen LogP contribution >= 0.6 is 0 Å². The average Bonchev–Trinajstić information content (AvgIpc) is 2.38. The second kappa shape index (κ2) is 5.99. The van der Waals surface area contributed by atoms with Gasteiger partial charge in [-0.2, -0.15) is 0 Å². The highest BCUT2D eigenvalue weighted by atomic mass is 15.3. The molecule has 1 aromatic rings. The molecule has 2 N–H and O–H groups in total. The van der Waals surface area contributed by atoms with Crippen molar-refractivity contribution in [1.82, 2.24) is 14.8 Å². The van der Waals surface area contributed by atoms with Crippen molar-refractivity contribution in [2.75, 3.05) is 26.2 Å². The maximum absolute atomic E-state index is 5.64. The van der Waals surface area contributed by atoms with Crippen LogP contribution in [0.3, 0.4) is 0 Å². The maximum atomic E-state index is 5.64. The van der Waals surface area contributed by atoms with E-state index >= 15 is 0 Å². The summed E-state index contributed by atoms with van der Waals surface area (Å²) in [5.74, 6) is 0. The average molecular weight is 262 g/mol. The highest BCUT2D eigenvalue weighted by Gasteiger charge is 2.25. The van der Waals surface area contributed by atoms with E-state index in [1.54, 1.807) is 0 Å². The molecule has 1 aliphatic heterocycles. The topological polar surface area (TPSA) is 45.4 Å². The number of piperazine rings is 1. The van der Waals surface area contributed by atoms with Crippen molar-refractivity contribution in [3.05, 3.63) is 29.6 Å². The summed E-state index contributed by atoms with van der Waals surface area (Å²) < 4.78 is 0. The number of nitrogens with zero attached hydrogens (tertiary/aromatic N) is 3. The Labute approximate surface area is 116 Å². The van der Waals surface area contributed by atoms with E-state index in [1.165, 1.54) is 5.56 Å². The highest BCUT2D eigenvalue weighted by molar-refractivity contribution is 5.16. The molecule has 0 spiro atoms. The molecule has 1 aliphatic rings. The van der Waals surface area contributed by atoms with Gasteiger partial charge >= 0.3 is 0 Å². The second-order valence-electron chi connectivity index (χ2n) is 6.29. The Bertz CT molecular complexity index is 403. The standard InChI is InChI=1S/C15H26N4/c1-15(2,3)19-8-6-18(7-9-19)12-13-4-5-17-14(10-13)11-16/h4-5,10H,6-9,11-12,16H2,1-3H3. The summed E-state index contributed by atoms with van der Waals surface area (Å²) >= 11 is 0. The van der Waals surface area contributed by atoms with Crippen LogP contribution in [0.1, 0.15) is 32.0 Å². The summed E-state index contributed by atoms with van der Waals surface area (Å²) in [4.78, 5) is 9.31. The summed E-state index contributed by atoms with van der Waals surface area (Å²) in [6, 6.07) is 4.21. The Hall–Kier alpha value is -0.970. The fourth-order valence-electron chi connectivity index (χ4n) is 2.57. The summed E-state index contributed by atoms with van der Waals surface area (Å²) in [7, 11) is 0. The lowest BCUT2D eigenvalue weighted by Crippen LogP contribution is -2.53. The molecular formula is C15H26N4. The minimum absolute atomic E-state index is 0.287. The first-order chi connectivity index (χ1) is 8.99. The smallest absolute Gasteiger partial charge is 0.0542 e. The molecule has 106 valence electrons. The van der Waals surface area contributed by atoms with E-state index in [9.17, 15) is 0 Å². The molecule has 0 aromatic carbocycles. The molecule has 1 saturated heterocycles. The second-order valence-corrected chi connectivity index (χ2v) is 6.29. The van der Waals surface area contributed by atoms with Crippen LogP contribution in [0.5, 0.6) is 0 Å². The molecule has 1 fully saturated rings. The molecule has 0 radical (unpaired) electrons. The van der Waals surface area contributed by atoms with Gasteiger partial charge in [0, 0.05) is 51.0 Å². The minimum Gasteiger partial charge on any atom is -0.325 e. The molecule has 4 heteroatoms. The lowest BCUT2D eigenvalue weighted by molar-refractivity contribution is 0.0591. The fourth-order valence-corrected chi connectivity index (χ4v) is 2.57. The first kappa shape index (κ1) is 14.4. The van der Waals surface area contributed by atoms with Gasteiger partial charge in [0.15, 0.2) is 0 Å². The Kier molecular flexibility index (Phi) is 4.55. The monoisotopic (exact) mass is 262 g/mol. The third kappa shape index (κ3) is 4.00. The van der Waals surface area contributed by atoms with Crippen LogP contribution in [0.4, 0.5) is 0 Å². The lowest BCUT2D eigenvalue weighted by atomic mass is 10.0. The SMILES string of the molecule is CC(C)(C)N1CCN(Cc2ccnc(CN)c2)CC1. The molecule has 19 heavy (non-hydrogen) atoms. The predicted octanol–water partition coefficient (Wildman–Crippen LogP) is 1.46. The van der Waals surface area contributed by atoms with Gasteiger partial charge in [-0.15, -0.1) is 0 Å². The molecule has 2 heterocycles. The van der Waals surface area contributed by atoms with Crippen molar-refractivity contribution >= 4 is 0 Å². The van der Waals surface area contributed by atoms with Gasteiger partial charge in [-0.3, -0.25) is 14.8 Å². The Balaban J connectivity index is 1.88. The number of hydrogen-bond donors (Lipinski definition) is 1.